The van der Waals surface area contributed by atoms with Crippen LogP contribution >= 0.6 is 0 Å². The highest BCUT2D eigenvalue weighted by Gasteiger charge is 2.13. The van der Waals surface area contributed by atoms with Crippen LogP contribution in [0.3, 0.4) is 0 Å². The molecule has 116 valence electrons. The number of aliphatic imine (C=N–C) groups is 1. The molecule has 1 saturated heterocycles. The van der Waals surface area contributed by atoms with E-state index < -0.39 is 0 Å². The minimum atomic E-state index is 0.529. The number of hydrogen-bond acceptors (Lipinski definition) is 3. The highest BCUT2D eigenvalue weighted by atomic mass is 16.5. The average molecular weight is 299 g/mol. The van der Waals surface area contributed by atoms with E-state index in [1.807, 2.05) is 36.1 Å². The summed E-state index contributed by atoms with van der Waals surface area (Å²) in [6, 6.07) is 10.1. The Balaban J connectivity index is 1.78. The van der Waals surface area contributed by atoms with Gasteiger partial charge in [-0.25, -0.2) is 4.99 Å². The van der Waals surface area contributed by atoms with Gasteiger partial charge in [0.15, 0.2) is 5.96 Å². The predicted molar refractivity (Wildman–Crippen MR) is 86.4 cm³/mol. The summed E-state index contributed by atoms with van der Waals surface area (Å²) in [4.78, 5) is 6.59. The quantitative estimate of drug-likeness (QED) is 0.684. The van der Waals surface area contributed by atoms with Crippen LogP contribution in [0.1, 0.15) is 5.56 Å². The van der Waals surface area contributed by atoms with E-state index in [4.69, 9.17) is 10.5 Å². The Labute approximate surface area is 130 Å². The van der Waals surface area contributed by atoms with Gasteiger partial charge in [-0.05, 0) is 0 Å². The van der Waals surface area contributed by atoms with Crippen molar-refractivity contribution in [2.24, 2.45) is 17.8 Å². The standard InChI is InChI=1S/C16H21N5O/c1-20-12-14(15(19-20)13-5-3-2-4-6-13)11-18-16(17)21-7-9-22-10-8-21/h2-6,12H,7-11H2,1H3,(H2,17,18). The second-order valence-corrected chi connectivity index (χ2v) is 5.32. The number of nitrogens with zero attached hydrogens (tertiary/aromatic N) is 4. The molecule has 2 heterocycles. The summed E-state index contributed by atoms with van der Waals surface area (Å²) < 4.78 is 7.14. The van der Waals surface area contributed by atoms with Gasteiger partial charge < -0.3 is 15.4 Å². The van der Waals surface area contributed by atoms with Gasteiger partial charge in [0.2, 0.25) is 0 Å². The molecule has 0 amide bonds. The lowest BCUT2D eigenvalue weighted by Gasteiger charge is -2.27. The van der Waals surface area contributed by atoms with Crippen molar-refractivity contribution in [3.8, 4) is 11.3 Å². The van der Waals surface area contributed by atoms with Crippen LogP contribution in [0.4, 0.5) is 0 Å². The highest BCUT2D eigenvalue weighted by Crippen LogP contribution is 2.22. The number of morpholine rings is 1. The number of guanidine groups is 1. The molecule has 0 spiro atoms. The third kappa shape index (κ3) is 3.28. The van der Waals surface area contributed by atoms with Crippen molar-refractivity contribution in [1.82, 2.24) is 14.7 Å². The molecule has 0 atom stereocenters. The zero-order valence-corrected chi connectivity index (χ0v) is 12.8. The molecule has 1 aliphatic rings. The number of hydrogen-bond donors (Lipinski definition) is 1. The first-order valence-corrected chi connectivity index (χ1v) is 7.44. The molecule has 0 aliphatic carbocycles. The monoisotopic (exact) mass is 299 g/mol. The topological polar surface area (TPSA) is 68.7 Å². The van der Waals surface area contributed by atoms with E-state index in [0.29, 0.717) is 25.7 Å². The maximum atomic E-state index is 6.08. The predicted octanol–water partition coefficient (Wildman–Crippen LogP) is 1.23. The minimum Gasteiger partial charge on any atom is -0.378 e. The van der Waals surface area contributed by atoms with Crippen molar-refractivity contribution >= 4 is 5.96 Å². The normalized spacial score (nSPS) is 16.0. The number of nitrogens with two attached hydrogens (primary N) is 1. The van der Waals surface area contributed by atoms with Gasteiger partial charge in [0.25, 0.3) is 0 Å². The van der Waals surface area contributed by atoms with Crippen molar-refractivity contribution in [3.05, 3.63) is 42.1 Å². The largest absolute Gasteiger partial charge is 0.378 e. The van der Waals surface area contributed by atoms with Gasteiger partial charge >= 0.3 is 0 Å². The average Bonchev–Trinajstić information content (AvgIpc) is 2.95. The van der Waals surface area contributed by atoms with Gasteiger partial charge in [-0.3, -0.25) is 4.68 Å². The molecule has 6 nitrogen and oxygen atoms in total. The van der Waals surface area contributed by atoms with Crippen LogP contribution in [0.5, 0.6) is 0 Å². The Morgan fingerprint density at radius 1 is 1.27 bits per heavy atom. The lowest BCUT2D eigenvalue weighted by molar-refractivity contribution is 0.0674. The van der Waals surface area contributed by atoms with E-state index in [1.165, 1.54) is 0 Å². The fourth-order valence-corrected chi connectivity index (χ4v) is 2.55. The van der Waals surface area contributed by atoms with Crippen LogP contribution < -0.4 is 5.73 Å². The first-order valence-electron chi connectivity index (χ1n) is 7.44. The molecule has 2 aromatic rings. The number of rotatable bonds is 3. The highest BCUT2D eigenvalue weighted by molar-refractivity contribution is 5.78. The summed E-state index contributed by atoms with van der Waals surface area (Å²) in [6.07, 6.45) is 2.00. The minimum absolute atomic E-state index is 0.529. The van der Waals surface area contributed by atoms with Gasteiger partial charge in [0.1, 0.15) is 0 Å². The van der Waals surface area contributed by atoms with Crippen LogP contribution in [0.15, 0.2) is 41.5 Å². The maximum absolute atomic E-state index is 6.08. The molecule has 1 fully saturated rings. The van der Waals surface area contributed by atoms with E-state index in [0.717, 1.165) is 29.9 Å². The molecule has 1 aromatic carbocycles. The first kappa shape index (κ1) is 14.6. The smallest absolute Gasteiger partial charge is 0.191 e. The van der Waals surface area contributed by atoms with Crippen molar-refractivity contribution < 1.29 is 4.74 Å². The Hall–Kier alpha value is -2.34. The summed E-state index contributed by atoms with van der Waals surface area (Å²) in [7, 11) is 1.92. The third-order valence-corrected chi connectivity index (χ3v) is 3.70. The molecule has 0 unspecified atom stereocenters. The van der Waals surface area contributed by atoms with Crippen molar-refractivity contribution in [3.63, 3.8) is 0 Å². The number of aryl methyl sites for hydroxylation is 1. The summed E-state index contributed by atoms with van der Waals surface area (Å²) >= 11 is 0. The summed E-state index contributed by atoms with van der Waals surface area (Å²) in [5, 5.41) is 4.54. The zero-order valence-electron chi connectivity index (χ0n) is 12.8. The van der Waals surface area contributed by atoms with E-state index in [9.17, 15) is 0 Å². The molecule has 0 saturated carbocycles. The molecule has 1 aliphatic heterocycles. The molecular formula is C16H21N5O. The van der Waals surface area contributed by atoms with Crippen molar-refractivity contribution in [2.75, 3.05) is 26.3 Å². The van der Waals surface area contributed by atoms with Crippen LogP contribution in [-0.2, 0) is 18.3 Å². The van der Waals surface area contributed by atoms with Gasteiger partial charge in [-0.2, -0.15) is 5.10 Å². The number of aromatic nitrogens is 2. The molecule has 0 bridgehead atoms. The van der Waals surface area contributed by atoms with Gasteiger partial charge in [0.05, 0.1) is 25.5 Å². The Morgan fingerprint density at radius 2 is 2.00 bits per heavy atom. The van der Waals surface area contributed by atoms with Gasteiger partial charge in [0, 0.05) is 37.5 Å². The van der Waals surface area contributed by atoms with Crippen LogP contribution in [0, 0.1) is 0 Å². The third-order valence-electron chi connectivity index (χ3n) is 3.70. The van der Waals surface area contributed by atoms with E-state index in [-0.39, 0.29) is 0 Å². The molecule has 3 rings (SSSR count). The Bertz CT molecular complexity index is 644. The van der Waals surface area contributed by atoms with Crippen LogP contribution in [0.2, 0.25) is 0 Å². The number of ether oxygens (including phenoxy) is 1. The van der Waals surface area contributed by atoms with E-state index >= 15 is 0 Å². The molecule has 22 heavy (non-hydrogen) atoms. The molecular weight excluding hydrogens is 278 g/mol. The zero-order chi connectivity index (χ0) is 15.4. The van der Waals surface area contributed by atoms with Crippen molar-refractivity contribution in [2.45, 2.75) is 6.54 Å². The summed E-state index contributed by atoms with van der Waals surface area (Å²) in [6.45, 7) is 3.54. The second-order valence-electron chi connectivity index (χ2n) is 5.32. The molecule has 1 aromatic heterocycles. The SMILES string of the molecule is Cn1cc(CN=C(N)N2CCOCC2)c(-c2ccccc2)n1. The summed E-state index contributed by atoms with van der Waals surface area (Å²) in [5.74, 6) is 0.575. The maximum Gasteiger partial charge on any atom is 0.191 e. The van der Waals surface area contributed by atoms with E-state index in [1.54, 1.807) is 0 Å². The molecule has 6 heteroatoms. The molecule has 2 N–H and O–H groups in total. The fourth-order valence-electron chi connectivity index (χ4n) is 2.55. The van der Waals surface area contributed by atoms with Crippen LogP contribution in [0.25, 0.3) is 11.3 Å². The van der Waals surface area contributed by atoms with Gasteiger partial charge in [-0.1, -0.05) is 30.3 Å². The Morgan fingerprint density at radius 3 is 2.73 bits per heavy atom. The second kappa shape index (κ2) is 6.62. The fraction of sp³-hybridized carbons (Fsp3) is 0.375. The van der Waals surface area contributed by atoms with Gasteiger partial charge in [-0.15, -0.1) is 0 Å². The lowest BCUT2D eigenvalue weighted by Crippen LogP contribution is -2.44. The lowest BCUT2D eigenvalue weighted by atomic mass is 10.1. The number of benzene rings is 1. The summed E-state index contributed by atoms with van der Waals surface area (Å²) in [5.41, 5.74) is 9.21. The van der Waals surface area contributed by atoms with Crippen molar-refractivity contribution in [1.29, 1.82) is 0 Å². The van der Waals surface area contributed by atoms with E-state index in [2.05, 4.69) is 27.1 Å². The molecule has 0 radical (unpaired) electrons. The Kier molecular flexibility index (Phi) is 4.39. The first-order chi connectivity index (χ1) is 10.7. The van der Waals surface area contributed by atoms with Crippen LogP contribution in [-0.4, -0.2) is 46.9 Å².